The minimum atomic E-state index is -0.484. The Morgan fingerprint density at radius 2 is 1.69 bits per heavy atom. The largest absolute Gasteiger partial charge is 0.493 e. The van der Waals surface area contributed by atoms with Gasteiger partial charge in [0.25, 0.3) is 0 Å². The highest BCUT2D eigenvalue weighted by Crippen LogP contribution is 2.50. The molecule has 3 aliphatic rings. The molecule has 0 unspecified atom stereocenters. The van der Waals surface area contributed by atoms with E-state index >= 15 is 0 Å². The molecule has 0 N–H and O–H groups in total. The predicted octanol–water partition coefficient (Wildman–Crippen LogP) is 4.49. The highest BCUT2D eigenvalue weighted by Gasteiger charge is 2.42. The third-order valence-electron chi connectivity index (χ3n) is 5.53. The van der Waals surface area contributed by atoms with Gasteiger partial charge in [-0.15, -0.1) is 0 Å². The summed E-state index contributed by atoms with van der Waals surface area (Å²) in [5.74, 6) is 1.81. The molecule has 7 heteroatoms. The molecular weight excluding hydrogens is 438 g/mol. The van der Waals surface area contributed by atoms with Crippen molar-refractivity contribution in [3.8, 4) is 17.6 Å². The molecule has 0 spiro atoms. The second-order valence-corrected chi connectivity index (χ2v) is 8.09. The molecule has 6 nitrogen and oxygen atoms in total. The maximum absolute atomic E-state index is 12.9. The molecular formula is C22H20BrNO5. The molecule has 1 heterocycles. The van der Waals surface area contributed by atoms with Gasteiger partial charge in [0.15, 0.2) is 29.7 Å². The van der Waals surface area contributed by atoms with Gasteiger partial charge in [-0.05, 0) is 30.5 Å². The van der Waals surface area contributed by atoms with Gasteiger partial charge >= 0.3 is 0 Å². The lowest BCUT2D eigenvalue weighted by molar-refractivity contribution is -0.117. The quantitative estimate of drug-likeness (QED) is 0.661. The Hall–Kier alpha value is -2.59. The van der Waals surface area contributed by atoms with E-state index in [1.807, 2.05) is 6.07 Å². The van der Waals surface area contributed by atoms with Crippen molar-refractivity contribution in [3.63, 3.8) is 0 Å². The van der Waals surface area contributed by atoms with Crippen LogP contribution in [0.4, 0.5) is 0 Å². The van der Waals surface area contributed by atoms with Crippen molar-refractivity contribution in [2.45, 2.75) is 44.4 Å². The van der Waals surface area contributed by atoms with Crippen LogP contribution in [0.25, 0.3) is 0 Å². The number of ether oxygens (including phenoxy) is 3. The smallest absolute Gasteiger partial charge is 0.174 e. The summed E-state index contributed by atoms with van der Waals surface area (Å²) in [6.07, 6.45) is 3.81. The maximum Gasteiger partial charge on any atom is 0.174 e. The molecule has 2 aliphatic carbocycles. The normalized spacial score (nSPS) is 19.3. The van der Waals surface area contributed by atoms with Crippen molar-refractivity contribution in [2.75, 3.05) is 13.7 Å². The lowest BCUT2D eigenvalue weighted by Crippen LogP contribution is -2.30. The highest BCUT2D eigenvalue weighted by molar-refractivity contribution is 9.10. The minimum absolute atomic E-state index is 0.0249. The Morgan fingerprint density at radius 1 is 1.07 bits per heavy atom. The number of nitrogens with zero attached hydrogens (tertiary/aromatic N) is 1. The molecule has 150 valence electrons. The number of hydrogen-bond acceptors (Lipinski definition) is 6. The number of carbonyl (C=O) groups is 2. The molecule has 0 radical (unpaired) electrons. The Labute approximate surface area is 177 Å². The van der Waals surface area contributed by atoms with Crippen molar-refractivity contribution >= 4 is 27.5 Å². The van der Waals surface area contributed by atoms with Crippen molar-refractivity contribution in [1.82, 2.24) is 0 Å². The van der Waals surface area contributed by atoms with Gasteiger partial charge in [-0.25, -0.2) is 0 Å². The summed E-state index contributed by atoms with van der Waals surface area (Å²) in [5, 5.41) is 8.81. The van der Waals surface area contributed by atoms with Crippen LogP contribution in [-0.2, 0) is 14.3 Å². The monoisotopic (exact) mass is 457 g/mol. The molecule has 0 saturated carbocycles. The molecule has 0 fully saturated rings. The van der Waals surface area contributed by atoms with E-state index in [1.165, 1.54) is 7.11 Å². The van der Waals surface area contributed by atoms with Crippen molar-refractivity contribution in [3.05, 3.63) is 44.8 Å². The van der Waals surface area contributed by atoms with Crippen LogP contribution in [0.5, 0.6) is 11.5 Å². The van der Waals surface area contributed by atoms with Crippen LogP contribution < -0.4 is 9.47 Å². The van der Waals surface area contributed by atoms with E-state index < -0.39 is 5.92 Å². The zero-order valence-electron chi connectivity index (χ0n) is 16.0. The summed E-state index contributed by atoms with van der Waals surface area (Å²) in [6, 6.07) is 5.44. The topological polar surface area (TPSA) is 85.6 Å². The molecule has 1 aromatic carbocycles. The van der Waals surface area contributed by atoms with Crippen LogP contribution >= 0.6 is 15.9 Å². The zero-order chi connectivity index (χ0) is 20.5. The number of allylic oxidation sites excluding steroid dienone is 4. The van der Waals surface area contributed by atoms with E-state index in [-0.39, 0.29) is 18.2 Å². The van der Waals surface area contributed by atoms with Gasteiger partial charge < -0.3 is 14.2 Å². The van der Waals surface area contributed by atoms with Crippen molar-refractivity contribution in [1.29, 1.82) is 5.26 Å². The number of ketones is 2. The fraction of sp³-hybridized carbons (Fsp3) is 0.409. The van der Waals surface area contributed by atoms with Crippen molar-refractivity contribution in [2.24, 2.45) is 0 Å². The first-order valence-electron chi connectivity index (χ1n) is 9.62. The molecule has 0 bridgehead atoms. The SMILES string of the molecule is COc1cc(C2C3=C(CCCC3=O)OC3=C2C(=O)CCC3)c(Br)cc1OCC#N. The molecule has 0 aromatic heterocycles. The van der Waals surface area contributed by atoms with Gasteiger partial charge in [0, 0.05) is 47.2 Å². The second kappa shape index (κ2) is 8.03. The fourth-order valence-electron chi connectivity index (χ4n) is 4.28. The van der Waals surface area contributed by atoms with E-state index in [0.717, 1.165) is 18.4 Å². The molecule has 0 atom stereocenters. The van der Waals surface area contributed by atoms with Crippen LogP contribution in [0, 0.1) is 11.3 Å². The third-order valence-corrected chi connectivity index (χ3v) is 6.21. The standard InChI is InChI=1S/C22H20BrNO5/c1-27-18-10-12(13(23)11-19(18)28-9-8-24)20-21-14(25)4-2-6-16(21)29-17-7-3-5-15(26)22(17)20/h10-11,20H,2-7,9H2,1H3. The number of rotatable bonds is 4. The van der Waals surface area contributed by atoms with Gasteiger partial charge in [0.05, 0.1) is 7.11 Å². The van der Waals surface area contributed by atoms with E-state index in [9.17, 15) is 9.59 Å². The van der Waals surface area contributed by atoms with Gasteiger partial charge in [0.1, 0.15) is 17.6 Å². The summed E-state index contributed by atoms with van der Waals surface area (Å²) < 4.78 is 17.7. The van der Waals surface area contributed by atoms with Gasteiger partial charge in [-0.1, -0.05) is 15.9 Å². The van der Waals surface area contributed by atoms with Crippen LogP contribution in [0.15, 0.2) is 39.3 Å². The number of hydrogen-bond donors (Lipinski definition) is 0. The predicted molar refractivity (Wildman–Crippen MR) is 107 cm³/mol. The molecule has 1 aliphatic heterocycles. The first-order valence-corrected chi connectivity index (χ1v) is 10.4. The first-order chi connectivity index (χ1) is 14.0. The Kier molecular flexibility index (Phi) is 5.46. The molecule has 29 heavy (non-hydrogen) atoms. The Bertz CT molecular complexity index is 959. The van der Waals surface area contributed by atoms with Crippen molar-refractivity contribution < 1.29 is 23.8 Å². The number of nitriles is 1. The Morgan fingerprint density at radius 3 is 2.24 bits per heavy atom. The lowest BCUT2D eigenvalue weighted by Gasteiger charge is -2.36. The average molecular weight is 458 g/mol. The fourth-order valence-corrected chi connectivity index (χ4v) is 4.83. The van der Waals surface area contributed by atoms with E-state index in [0.29, 0.717) is 64.3 Å². The van der Waals surface area contributed by atoms with Crippen LogP contribution in [0.1, 0.15) is 50.0 Å². The number of halogens is 1. The van der Waals surface area contributed by atoms with Gasteiger partial charge in [-0.3, -0.25) is 9.59 Å². The van der Waals surface area contributed by atoms with Crippen LogP contribution in [-0.4, -0.2) is 25.3 Å². The first kappa shape index (κ1) is 19.7. The number of carbonyl (C=O) groups excluding carboxylic acids is 2. The summed E-state index contributed by atoms with van der Waals surface area (Å²) in [7, 11) is 1.52. The van der Waals surface area contributed by atoms with E-state index in [4.69, 9.17) is 19.5 Å². The van der Waals surface area contributed by atoms with Crippen LogP contribution in [0.3, 0.4) is 0 Å². The summed E-state index contributed by atoms with van der Waals surface area (Å²) in [5.41, 5.74) is 1.93. The third kappa shape index (κ3) is 3.46. The molecule has 4 rings (SSSR count). The summed E-state index contributed by atoms with van der Waals surface area (Å²) in [6.45, 7) is -0.110. The second-order valence-electron chi connectivity index (χ2n) is 7.23. The zero-order valence-corrected chi connectivity index (χ0v) is 17.6. The number of Topliss-reactive ketones (excluding diaryl/α,β-unsaturated/α-hetero) is 2. The van der Waals surface area contributed by atoms with Crippen LogP contribution in [0.2, 0.25) is 0 Å². The van der Waals surface area contributed by atoms with E-state index in [2.05, 4.69) is 15.9 Å². The molecule has 0 amide bonds. The summed E-state index contributed by atoms with van der Waals surface area (Å²) >= 11 is 3.58. The number of benzene rings is 1. The number of methoxy groups -OCH3 is 1. The lowest BCUT2D eigenvalue weighted by atomic mass is 9.73. The summed E-state index contributed by atoms with van der Waals surface area (Å²) in [4.78, 5) is 25.8. The van der Waals surface area contributed by atoms with Gasteiger partial charge in [0.2, 0.25) is 0 Å². The molecule has 1 aromatic rings. The minimum Gasteiger partial charge on any atom is -0.493 e. The highest BCUT2D eigenvalue weighted by atomic mass is 79.9. The van der Waals surface area contributed by atoms with E-state index in [1.54, 1.807) is 12.1 Å². The Balaban J connectivity index is 1.89. The average Bonchev–Trinajstić information content (AvgIpc) is 2.71. The maximum atomic E-state index is 12.9. The van der Waals surface area contributed by atoms with Gasteiger partial charge in [-0.2, -0.15) is 5.26 Å². The molecule has 0 saturated heterocycles.